The quantitative estimate of drug-likeness (QED) is 0.533. The second-order valence-electron chi connectivity index (χ2n) is 7.60. The first kappa shape index (κ1) is 23.0. The number of anilines is 1. The number of carbonyl (C=O) groups excluding carboxylic acids is 2. The molecule has 1 aromatic heterocycles. The van der Waals surface area contributed by atoms with Crippen molar-refractivity contribution in [2.45, 2.75) is 33.0 Å². The summed E-state index contributed by atoms with van der Waals surface area (Å²) in [5.41, 5.74) is 1.04. The maximum absolute atomic E-state index is 13.5. The fourth-order valence-electron chi connectivity index (χ4n) is 3.13. The standard InChI is InChI=1S/C24H25F2N3O3/c1-17(2)29(24(31)27-19-10-11-21(25)22(26)13-19)16-23(30)28(15-20-9-6-12-32-20)14-18-7-4-3-5-8-18/h3-13,17H,14-16H2,1-2H3,(H,27,31). The zero-order valence-corrected chi connectivity index (χ0v) is 17.9. The zero-order valence-electron chi connectivity index (χ0n) is 17.9. The molecule has 0 aliphatic heterocycles. The molecule has 0 unspecified atom stereocenters. The van der Waals surface area contributed by atoms with Crippen molar-refractivity contribution in [1.82, 2.24) is 9.80 Å². The molecule has 2 aromatic carbocycles. The van der Waals surface area contributed by atoms with Gasteiger partial charge in [-0.1, -0.05) is 30.3 Å². The average molecular weight is 441 g/mol. The Morgan fingerprint density at radius 1 is 0.969 bits per heavy atom. The van der Waals surface area contributed by atoms with Crippen LogP contribution in [0.25, 0.3) is 0 Å². The molecular formula is C24H25F2N3O3. The van der Waals surface area contributed by atoms with Gasteiger partial charge < -0.3 is 19.5 Å². The van der Waals surface area contributed by atoms with E-state index in [-0.39, 0.29) is 30.7 Å². The van der Waals surface area contributed by atoms with Crippen LogP contribution in [0.2, 0.25) is 0 Å². The number of halogens is 2. The van der Waals surface area contributed by atoms with E-state index in [9.17, 15) is 18.4 Å². The highest BCUT2D eigenvalue weighted by molar-refractivity contribution is 5.92. The van der Waals surface area contributed by atoms with Crippen LogP contribution < -0.4 is 5.32 Å². The minimum atomic E-state index is -1.07. The molecule has 0 aliphatic rings. The largest absolute Gasteiger partial charge is 0.467 e. The number of amides is 3. The molecule has 32 heavy (non-hydrogen) atoms. The Labute approximate surface area is 185 Å². The Morgan fingerprint density at radius 3 is 2.34 bits per heavy atom. The molecule has 0 bridgehead atoms. The summed E-state index contributed by atoms with van der Waals surface area (Å²) in [6.07, 6.45) is 1.54. The van der Waals surface area contributed by atoms with Gasteiger partial charge in [0.1, 0.15) is 12.3 Å². The van der Waals surface area contributed by atoms with Crippen LogP contribution in [0, 0.1) is 11.6 Å². The summed E-state index contributed by atoms with van der Waals surface area (Å²) in [5, 5.41) is 2.52. The number of nitrogens with one attached hydrogen (secondary N) is 1. The van der Waals surface area contributed by atoms with Crippen LogP contribution in [0.4, 0.5) is 19.3 Å². The lowest BCUT2D eigenvalue weighted by Crippen LogP contribution is -2.47. The summed E-state index contributed by atoms with van der Waals surface area (Å²) in [4.78, 5) is 28.9. The fourth-order valence-corrected chi connectivity index (χ4v) is 3.13. The molecule has 3 amide bonds. The number of nitrogens with zero attached hydrogens (tertiary/aromatic N) is 2. The van der Waals surface area contributed by atoms with Crippen molar-refractivity contribution in [3.05, 3.63) is 89.9 Å². The third-order valence-electron chi connectivity index (χ3n) is 4.86. The van der Waals surface area contributed by atoms with Crippen LogP contribution in [-0.4, -0.2) is 34.3 Å². The lowest BCUT2D eigenvalue weighted by atomic mass is 10.2. The highest BCUT2D eigenvalue weighted by atomic mass is 19.2. The number of benzene rings is 2. The van der Waals surface area contributed by atoms with E-state index in [2.05, 4.69) is 5.32 Å². The van der Waals surface area contributed by atoms with Crippen LogP contribution in [0.3, 0.4) is 0 Å². The molecule has 1 N–H and O–H groups in total. The van der Waals surface area contributed by atoms with Gasteiger partial charge in [-0.25, -0.2) is 13.6 Å². The molecule has 6 nitrogen and oxygen atoms in total. The van der Waals surface area contributed by atoms with E-state index in [0.29, 0.717) is 12.3 Å². The van der Waals surface area contributed by atoms with Crippen molar-refractivity contribution >= 4 is 17.6 Å². The van der Waals surface area contributed by atoms with Crippen LogP contribution >= 0.6 is 0 Å². The van der Waals surface area contributed by atoms with Gasteiger partial charge in [0.25, 0.3) is 0 Å². The number of hydrogen-bond donors (Lipinski definition) is 1. The predicted octanol–water partition coefficient (Wildman–Crippen LogP) is 5.03. The molecule has 0 saturated heterocycles. The van der Waals surface area contributed by atoms with E-state index < -0.39 is 17.7 Å². The maximum atomic E-state index is 13.5. The average Bonchev–Trinajstić information content (AvgIpc) is 3.27. The Balaban J connectivity index is 1.74. The Morgan fingerprint density at radius 2 is 1.72 bits per heavy atom. The molecule has 3 rings (SSSR count). The van der Waals surface area contributed by atoms with Crippen LogP contribution in [0.1, 0.15) is 25.2 Å². The lowest BCUT2D eigenvalue weighted by molar-refractivity contribution is -0.133. The number of furan rings is 1. The molecule has 168 valence electrons. The van der Waals surface area contributed by atoms with Crippen LogP contribution in [-0.2, 0) is 17.9 Å². The van der Waals surface area contributed by atoms with Crippen molar-refractivity contribution in [2.75, 3.05) is 11.9 Å². The first-order valence-corrected chi connectivity index (χ1v) is 10.2. The fraction of sp³-hybridized carbons (Fsp3) is 0.250. The van der Waals surface area contributed by atoms with Gasteiger partial charge in [0.2, 0.25) is 5.91 Å². The number of rotatable bonds is 8. The molecule has 8 heteroatoms. The third-order valence-corrected chi connectivity index (χ3v) is 4.86. The first-order valence-electron chi connectivity index (χ1n) is 10.2. The topological polar surface area (TPSA) is 65.8 Å². The molecular weight excluding hydrogens is 416 g/mol. The molecule has 1 heterocycles. The van der Waals surface area contributed by atoms with Crippen molar-refractivity contribution in [3.8, 4) is 0 Å². The van der Waals surface area contributed by atoms with Gasteiger partial charge in [0.05, 0.1) is 12.8 Å². The molecule has 0 radical (unpaired) electrons. The smallest absolute Gasteiger partial charge is 0.322 e. The SMILES string of the molecule is CC(C)N(CC(=O)N(Cc1ccccc1)Cc1ccco1)C(=O)Nc1ccc(F)c(F)c1. The minimum absolute atomic E-state index is 0.101. The van der Waals surface area contributed by atoms with E-state index in [0.717, 1.165) is 17.7 Å². The van der Waals surface area contributed by atoms with Crippen molar-refractivity contribution in [1.29, 1.82) is 0 Å². The van der Waals surface area contributed by atoms with Crippen LogP contribution in [0.15, 0.2) is 71.3 Å². The van der Waals surface area contributed by atoms with Gasteiger partial charge in [0, 0.05) is 24.3 Å². The lowest BCUT2D eigenvalue weighted by Gasteiger charge is -2.30. The summed E-state index contributed by atoms with van der Waals surface area (Å²) in [6, 6.07) is 15.2. The summed E-state index contributed by atoms with van der Waals surface area (Å²) < 4.78 is 32.0. The van der Waals surface area contributed by atoms with Gasteiger partial charge in [-0.05, 0) is 43.7 Å². The molecule has 0 spiro atoms. The number of urea groups is 1. The number of carbonyl (C=O) groups is 2. The van der Waals surface area contributed by atoms with E-state index in [1.165, 1.54) is 17.2 Å². The van der Waals surface area contributed by atoms with Crippen molar-refractivity contribution in [3.63, 3.8) is 0 Å². The van der Waals surface area contributed by atoms with Crippen molar-refractivity contribution in [2.24, 2.45) is 0 Å². The van der Waals surface area contributed by atoms with E-state index >= 15 is 0 Å². The zero-order chi connectivity index (χ0) is 23.1. The van der Waals surface area contributed by atoms with Gasteiger partial charge in [-0.2, -0.15) is 0 Å². The molecule has 0 aliphatic carbocycles. The van der Waals surface area contributed by atoms with E-state index in [1.54, 1.807) is 30.9 Å². The van der Waals surface area contributed by atoms with Crippen LogP contribution in [0.5, 0.6) is 0 Å². The molecule has 0 atom stereocenters. The highest BCUT2D eigenvalue weighted by Crippen LogP contribution is 2.16. The van der Waals surface area contributed by atoms with Gasteiger partial charge in [-0.15, -0.1) is 0 Å². The normalized spacial score (nSPS) is 10.8. The van der Waals surface area contributed by atoms with E-state index in [4.69, 9.17) is 4.42 Å². The van der Waals surface area contributed by atoms with Crippen molar-refractivity contribution < 1.29 is 22.8 Å². The Hall–Kier alpha value is -3.68. The summed E-state index contributed by atoms with van der Waals surface area (Å²) in [6.45, 7) is 3.94. The first-order chi connectivity index (χ1) is 15.3. The highest BCUT2D eigenvalue weighted by Gasteiger charge is 2.24. The second kappa shape index (κ2) is 10.6. The van der Waals surface area contributed by atoms with E-state index in [1.807, 2.05) is 30.3 Å². The van der Waals surface area contributed by atoms with Gasteiger partial charge in [0.15, 0.2) is 11.6 Å². The minimum Gasteiger partial charge on any atom is -0.467 e. The molecule has 3 aromatic rings. The Kier molecular flexibility index (Phi) is 7.59. The maximum Gasteiger partial charge on any atom is 0.322 e. The monoisotopic (exact) mass is 441 g/mol. The Bertz CT molecular complexity index is 1040. The molecule has 0 fully saturated rings. The summed E-state index contributed by atoms with van der Waals surface area (Å²) >= 11 is 0. The van der Waals surface area contributed by atoms with Gasteiger partial charge in [-0.3, -0.25) is 4.79 Å². The molecule has 0 saturated carbocycles. The summed E-state index contributed by atoms with van der Waals surface area (Å²) in [5.74, 6) is -1.73. The number of hydrogen-bond acceptors (Lipinski definition) is 3. The summed E-state index contributed by atoms with van der Waals surface area (Å²) in [7, 11) is 0. The second-order valence-corrected chi connectivity index (χ2v) is 7.60. The predicted molar refractivity (Wildman–Crippen MR) is 117 cm³/mol. The third kappa shape index (κ3) is 6.16. The van der Waals surface area contributed by atoms with Gasteiger partial charge >= 0.3 is 6.03 Å².